The van der Waals surface area contributed by atoms with E-state index >= 15 is 0 Å². The van der Waals surface area contributed by atoms with Gasteiger partial charge in [0.25, 0.3) is 0 Å². The summed E-state index contributed by atoms with van der Waals surface area (Å²) in [5.41, 5.74) is 9.61. The van der Waals surface area contributed by atoms with E-state index in [2.05, 4.69) is 36.3 Å². The summed E-state index contributed by atoms with van der Waals surface area (Å²) in [5.74, 6) is -0.225. The zero-order chi connectivity index (χ0) is 13.1. The van der Waals surface area contributed by atoms with Crippen molar-refractivity contribution in [3.8, 4) is 11.3 Å². The molecular weight excluding hydrogens is 246 g/mol. The molecule has 94 valence electrons. The van der Waals surface area contributed by atoms with Crippen LogP contribution >= 0.6 is 11.3 Å². The van der Waals surface area contributed by atoms with Crippen LogP contribution in [0.3, 0.4) is 0 Å². The second kappa shape index (κ2) is 5.29. The van der Waals surface area contributed by atoms with E-state index in [0.717, 1.165) is 11.3 Å². The van der Waals surface area contributed by atoms with Crippen LogP contribution in [-0.2, 0) is 4.79 Å². The van der Waals surface area contributed by atoms with Crippen LogP contribution in [-0.4, -0.2) is 17.4 Å². The summed E-state index contributed by atoms with van der Waals surface area (Å²) in [6.07, 6.45) is 0. The number of carbonyl (C=O) groups is 1. The Hall–Kier alpha value is -1.72. The first-order valence-electron chi connectivity index (χ1n) is 5.63. The lowest BCUT2D eigenvalue weighted by Crippen LogP contribution is -2.21. The van der Waals surface area contributed by atoms with Gasteiger partial charge in [0.1, 0.15) is 0 Å². The number of hydrogen-bond donors (Lipinski definition) is 2. The molecule has 2 rings (SSSR count). The fourth-order valence-corrected chi connectivity index (χ4v) is 2.45. The van der Waals surface area contributed by atoms with Crippen LogP contribution in [0.15, 0.2) is 23.6 Å². The van der Waals surface area contributed by atoms with Gasteiger partial charge in [0, 0.05) is 10.9 Å². The third-order valence-corrected chi connectivity index (χ3v) is 3.35. The molecule has 0 saturated carbocycles. The van der Waals surface area contributed by atoms with Gasteiger partial charge in [-0.05, 0) is 19.4 Å². The lowest BCUT2D eigenvalue weighted by molar-refractivity contribution is -0.114. The number of thiazole rings is 1. The van der Waals surface area contributed by atoms with Gasteiger partial charge >= 0.3 is 0 Å². The molecule has 4 nitrogen and oxygen atoms in total. The molecule has 1 heterocycles. The first kappa shape index (κ1) is 12.7. The van der Waals surface area contributed by atoms with E-state index in [9.17, 15) is 4.79 Å². The van der Waals surface area contributed by atoms with E-state index < -0.39 is 0 Å². The van der Waals surface area contributed by atoms with E-state index in [1.807, 2.05) is 11.4 Å². The minimum atomic E-state index is -0.225. The molecule has 0 saturated heterocycles. The molecule has 0 fully saturated rings. The van der Waals surface area contributed by atoms with Crippen LogP contribution in [0.25, 0.3) is 11.3 Å². The quantitative estimate of drug-likeness (QED) is 0.891. The van der Waals surface area contributed by atoms with Crippen molar-refractivity contribution in [3.63, 3.8) is 0 Å². The highest BCUT2D eigenvalue weighted by atomic mass is 32.1. The zero-order valence-corrected chi connectivity index (χ0v) is 11.2. The van der Waals surface area contributed by atoms with Gasteiger partial charge < -0.3 is 11.1 Å². The Morgan fingerprint density at radius 2 is 2.22 bits per heavy atom. The molecule has 1 amide bonds. The predicted molar refractivity (Wildman–Crippen MR) is 74.7 cm³/mol. The van der Waals surface area contributed by atoms with Crippen LogP contribution in [0.4, 0.5) is 5.13 Å². The smallest absolute Gasteiger partial charge is 0.239 e. The topological polar surface area (TPSA) is 68.0 Å². The molecule has 0 aliphatic carbocycles. The fraction of sp³-hybridized carbons (Fsp3) is 0.231. The first-order valence-corrected chi connectivity index (χ1v) is 6.51. The van der Waals surface area contributed by atoms with Gasteiger partial charge in [0.2, 0.25) is 5.91 Å². The molecular formula is C13H15N3OS. The largest absolute Gasteiger partial charge is 0.322 e. The Bertz CT molecular complexity index is 577. The SMILES string of the molecule is Cc1ccc(-c2csc(NC(=O)CN)n2)c(C)c1. The molecule has 0 bridgehead atoms. The van der Waals surface area contributed by atoms with Crippen molar-refractivity contribution in [1.29, 1.82) is 0 Å². The molecule has 0 unspecified atom stereocenters. The number of benzene rings is 1. The zero-order valence-electron chi connectivity index (χ0n) is 10.4. The van der Waals surface area contributed by atoms with E-state index in [-0.39, 0.29) is 12.5 Å². The van der Waals surface area contributed by atoms with Crippen molar-refractivity contribution in [2.75, 3.05) is 11.9 Å². The van der Waals surface area contributed by atoms with Gasteiger partial charge in [-0.25, -0.2) is 4.98 Å². The van der Waals surface area contributed by atoms with E-state index in [4.69, 9.17) is 5.73 Å². The molecule has 2 aromatic rings. The summed E-state index contributed by atoms with van der Waals surface area (Å²) in [4.78, 5) is 15.6. The summed E-state index contributed by atoms with van der Waals surface area (Å²) in [6, 6.07) is 6.22. The Balaban J connectivity index is 2.26. The maximum atomic E-state index is 11.2. The Morgan fingerprint density at radius 3 is 2.89 bits per heavy atom. The Labute approximate surface area is 110 Å². The van der Waals surface area contributed by atoms with Crippen molar-refractivity contribution < 1.29 is 4.79 Å². The van der Waals surface area contributed by atoms with E-state index in [1.165, 1.54) is 22.5 Å². The average Bonchev–Trinajstić information content (AvgIpc) is 2.77. The third-order valence-electron chi connectivity index (χ3n) is 2.59. The number of nitrogens with two attached hydrogens (primary N) is 1. The number of carbonyl (C=O) groups excluding carboxylic acids is 1. The van der Waals surface area contributed by atoms with Crippen LogP contribution in [0, 0.1) is 13.8 Å². The Morgan fingerprint density at radius 1 is 1.44 bits per heavy atom. The third kappa shape index (κ3) is 2.75. The highest BCUT2D eigenvalue weighted by Gasteiger charge is 2.08. The van der Waals surface area contributed by atoms with Crippen LogP contribution < -0.4 is 11.1 Å². The van der Waals surface area contributed by atoms with Gasteiger partial charge in [-0.3, -0.25) is 4.79 Å². The molecule has 18 heavy (non-hydrogen) atoms. The second-order valence-corrected chi connectivity index (χ2v) is 4.97. The van der Waals surface area contributed by atoms with E-state index in [0.29, 0.717) is 5.13 Å². The number of amides is 1. The van der Waals surface area contributed by atoms with Gasteiger partial charge in [0.15, 0.2) is 5.13 Å². The summed E-state index contributed by atoms with van der Waals surface area (Å²) >= 11 is 1.40. The summed E-state index contributed by atoms with van der Waals surface area (Å²) in [5, 5.41) is 5.17. The molecule has 0 radical (unpaired) electrons. The Kier molecular flexibility index (Phi) is 3.74. The standard InChI is InChI=1S/C13H15N3OS/c1-8-3-4-10(9(2)5-8)11-7-18-13(15-11)16-12(17)6-14/h3-5,7H,6,14H2,1-2H3,(H,15,16,17). The first-order chi connectivity index (χ1) is 8.60. The molecule has 0 atom stereocenters. The fourth-order valence-electron chi connectivity index (χ4n) is 1.73. The normalized spacial score (nSPS) is 10.4. The van der Waals surface area contributed by atoms with E-state index in [1.54, 1.807) is 0 Å². The number of aromatic nitrogens is 1. The summed E-state index contributed by atoms with van der Waals surface area (Å²) in [6.45, 7) is 4.09. The lowest BCUT2D eigenvalue weighted by atomic mass is 10.0. The number of nitrogens with one attached hydrogen (secondary N) is 1. The lowest BCUT2D eigenvalue weighted by Gasteiger charge is -2.03. The van der Waals surface area contributed by atoms with Gasteiger partial charge in [0.05, 0.1) is 12.2 Å². The molecule has 0 spiro atoms. The van der Waals surface area contributed by atoms with Gasteiger partial charge in [-0.15, -0.1) is 11.3 Å². The van der Waals surface area contributed by atoms with Crippen LogP contribution in [0.5, 0.6) is 0 Å². The van der Waals surface area contributed by atoms with Gasteiger partial charge in [-0.1, -0.05) is 23.8 Å². The minimum Gasteiger partial charge on any atom is -0.322 e. The number of hydrogen-bond acceptors (Lipinski definition) is 4. The maximum Gasteiger partial charge on any atom is 0.239 e. The molecule has 0 aliphatic heterocycles. The monoisotopic (exact) mass is 261 g/mol. The van der Waals surface area contributed by atoms with Crippen molar-refractivity contribution in [1.82, 2.24) is 4.98 Å². The van der Waals surface area contributed by atoms with Crippen LogP contribution in [0.2, 0.25) is 0 Å². The number of aryl methyl sites for hydroxylation is 2. The van der Waals surface area contributed by atoms with Crippen molar-refractivity contribution in [3.05, 3.63) is 34.7 Å². The molecule has 1 aromatic carbocycles. The predicted octanol–water partition coefficient (Wildman–Crippen LogP) is 2.32. The number of rotatable bonds is 3. The van der Waals surface area contributed by atoms with Gasteiger partial charge in [-0.2, -0.15) is 0 Å². The van der Waals surface area contributed by atoms with Crippen molar-refractivity contribution in [2.24, 2.45) is 5.73 Å². The number of nitrogens with zero attached hydrogens (tertiary/aromatic N) is 1. The minimum absolute atomic E-state index is 0.0293. The summed E-state index contributed by atoms with van der Waals surface area (Å²) < 4.78 is 0. The average molecular weight is 261 g/mol. The highest BCUT2D eigenvalue weighted by molar-refractivity contribution is 7.14. The van der Waals surface area contributed by atoms with Crippen molar-refractivity contribution in [2.45, 2.75) is 13.8 Å². The molecule has 0 aliphatic rings. The second-order valence-electron chi connectivity index (χ2n) is 4.11. The number of anilines is 1. The van der Waals surface area contributed by atoms with Crippen LogP contribution in [0.1, 0.15) is 11.1 Å². The molecule has 1 aromatic heterocycles. The maximum absolute atomic E-state index is 11.2. The summed E-state index contributed by atoms with van der Waals surface area (Å²) in [7, 11) is 0. The van der Waals surface area contributed by atoms with Crippen molar-refractivity contribution >= 4 is 22.4 Å². The highest BCUT2D eigenvalue weighted by Crippen LogP contribution is 2.27. The molecule has 5 heteroatoms. The molecule has 3 N–H and O–H groups in total.